The lowest BCUT2D eigenvalue weighted by molar-refractivity contribution is -0.153. The van der Waals surface area contributed by atoms with E-state index in [1.807, 2.05) is 0 Å². The molecule has 100 valence electrons. The molecule has 1 aromatic carbocycles. The summed E-state index contributed by atoms with van der Waals surface area (Å²) < 4.78 is 1.27. The van der Waals surface area contributed by atoms with Crippen LogP contribution in [-0.2, 0) is 11.8 Å². The number of carbonyl (C=O) groups is 1. The van der Waals surface area contributed by atoms with Crippen LogP contribution in [0.15, 0.2) is 29.3 Å². The minimum Gasteiger partial charge on any atom is -0.479 e. The number of aliphatic hydroxyl groups is 2. The van der Waals surface area contributed by atoms with Gasteiger partial charge in [-0.15, -0.1) is 0 Å². The Kier molecular flexibility index (Phi) is 3.32. The van der Waals surface area contributed by atoms with Gasteiger partial charge in [0.1, 0.15) is 6.10 Å². The molecule has 3 N–H and O–H groups in total. The summed E-state index contributed by atoms with van der Waals surface area (Å²) in [6, 6.07) is 4.25. The lowest BCUT2D eigenvalue weighted by atomic mass is 10.0. The van der Waals surface area contributed by atoms with Crippen molar-refractivity contribution in [3.05, 3.63) is 40.4 Å². The second-order valence-electron chi connectivity index (χ2n) is 4.17. The Bertz CT molecular complexity index is 694. The van der Waals surface area contributed by atoms with E-state index in [2.05, 4.69) is 4.98 Å². The smallest absolute Gasteiger partial charge is 0.335 e. The molecule has 0 aliphatic carbocycles. The Balaban J connectivity index is 2.55. The predicted octanol–water partition coefficient (Wildman–Crippen LogP) is -0.588. The van der Waals surface area contributed by atoms with Crippen LogP contribution in [0.2, 0.25) is 0 Å². The van der Waals surface area contributed by atoms with Crippen LogP contribution in [0.25, 0.3) is 10.9 Å². The number of aryl methyl sites for hydroxylation is 1. The molecule has 2 atom stereocenters. The van der Waals surface area contributed by atoms with E-state index in [0.29, 0.717) is 5.52 Å². The average molecular weight is 264 g/mol. The quantitative estimate of drug-likeness (QED) is 0.683. The molecule has 0 aliphatic heterocycles. The number of aromatic nitrogens is 2. The van der Waals surface area contributed by atoms with Crippen LogP contribution in [0.5, 0.6) is 0 Å². The van der Waals surface area contributed by atoms with Gasteiger partial charge in [-0.2, -0.15) is 0 Å². The van der Waals surface area contributed by atoms with E-state index in [9.17, 15) is 19.8 Å². The fourth-order valence-electron chi connectivity index (χ4n) is 1.73. The van der Waals surface area contributed by atoms with Gasteiger partial charge in [0.25, 0.3) is 5.56 Å². The molecule has 0 saturated heterocycles. The molecule has 0 radical (unpaired) electrons. The van der Waals surface area contributed by atoms with Gasteiger partial charge in [0, 0.05) is 7.05 Å². The number of hydrogen-bond acceptors (Lipinski definition) is 5. The van der Waals surface area contributed by atoms with Crippen LogP contribution in [-0.4, -0.2) is 36.9 Å². The standard InChI is InChI=1S/C12H12N2O5/c1-14-5-13-8-3-2-6(4-7(8)11(14)17)9(15)10(16)12(18)19/h2-5,9-10,15-16H,1H3,(H,18,19). The summed E-state index contributed by atoms with van der Waals surface area (Å²) in [7, 11) is 1.53. The van der Waals surface area contributed by atoms with Gasteiger partial charge in [0.05, 0.1) is 17.2 Å². The van der Waals surface area contributed by atoms with Crippen LogP contribution < -0.4 is 5.56 Å². The van der Waals surface area contributed by atoms with Gasteiger partial charge in [-0.05, 0) is 17.7 Å². The molecule has 2 aromatic rings. The minimum atomic E-state index is -1.95. The number of aliphatic carboxylic acids is 1. The topological polar surface area (TPSA) is 113 Å². The summed E-state index contributed by atoms with van der Waals surface area (Å²) in [6.45, 7) is 0. The molecule has 0 bridgehead atoms. The first-order chi connectivity index (χ1) is 8.91. The summed E-state index contributed by atoms with van der Waals surface area (Å²) in [4.78, 5) is 26.5. The third-order valence-corrected chi connectivity index (χ3v) is 2.83. The second kappa shape index (κ2) is 4.79. The fraction of sp³-hybridized carbons (Fsp3) is 0.250. The number of aliphatic hydroxyl groups excluding tert-OH is 2. The van der Waals surface area contributed by atoms with Crippen LogP contribution in [0.3, 0.4) is 0 Å². The van der Waals surface area contributed by atoms with Crippen molar-refractivity contribution >= 4 is 16.9 Å². The number of hydrogen-bond donors (Lipinski definition) is 3. The number of carboxylic acid groups (broad SMARTS) is 1. The number of rotatable bonds is 3. The van der Waals surface area contributed by atoms with Gasteiger partial charge >= 0.3 is 5.97 Å². The SMILES string of the molecule is Cn1cnc2ccc(C(O)C(O)C(=O)O)cc2c1=O. The monoisotopic (exact) mass is 264 g/mol. The Hall–Kier alpha value is -2.25. The van der Waals surface area contributed by atoms with Crippen molar-refractivity contribution in [2.24, 2.45) is 7.05 Å². The molecule has 1 aromatic heterocycles. The van der Waals surface area contributed by atoms with Crippen LogP contribution in [0, 0.1) is 0 Å². The van der Waals surface area contributed by atoms with Crippen molar-refractivity contribution in [1.29, 1.82) is 0 Å². The largest absolute Gasteiger partial charge is 0.479 e. The first-order valence-corrected chi connectivity index (χ1v) is 5.46. The summed E-state index contributed by atoms with van der Waals surface area (Å²) in [5.74, 6) is -1.54. The van der Waals surface area contributed by atoms with E-state index in [4.69, 9.17) is 5.11 Å². The normalized spacial score (nSPS) is 14.3. The van der Waals surface area contributed by atoms with Crippen LogP contribution in [0.1, 0.15) is 11.7 Å². The number of carboxylic acids is 1. The van der Waals surface area contributed by atoms with Crippen molar-refractivity contribution in [2.45, 2.75) is 12.2 Å². The highest BCUT2D eigenvalue weighted by molar-refractivity contribution is 5.79. The van der Waals surface area contributed by atoms with Gasteiger partial charge < -0.3 is 19.9 Å². The summed E-state index contributed by atoms with van der Waals surface area (Å²) >= 11 is 0. The molecule has 2 unspecified atom stereocenters. The number of fused-ring (bicyclic) bond motifs is 1. The highest BCUT2D eigenvalue weighted by Crippen LogP contribution is 2.20. The Morgan fingerprint density at radius 2 is 2.05 bits per heavy atom. The van der Waals surface area contributed by atoms with Gasteiger partial charge in [-0.25, -0.2) is 9.78 Å². The third-order valence-electron chi connectivity index (χ3n) is 2.83. The Labute approximate surface area is 107 Å². The molecule has 0 aliphatic rings. The van der Waals surface area contributed by atoms with Crippen molar-refractivity contribution in [2.75, 3.05) is 0 Å². The first-order valence-electron chi connectivity index (χ1n) is 5.46. The van der Waals surface area contributed by atoms with Gasteiger partial charge in [0.2, 0.25) is 0 Å². The molecule has 0 amide bonds. The van der Waals surface area contributed by atoms with E-state index in [1.165, 1.54) is 36.1 Å². The van der Waals surface area contributed by atoms with Crippen molar-refractivity contribution in [1.82, 2.24) is 9.55 Å². The molecule has 7 heteroatoms. The minimum absolute atomic E-state index is 0.146. The number of benzene rings is 1. The van der Waals surface area contributed by atoms with E-state index < -0.39 is 18.2 Å². The van der Waals surface area contributed by atoms with E-state index in [0.717, 1.165) is 0 Å². The summed E-state index contributed by atoms with van der Waals surface area (Å²) in [5.41, 5.74) is 0.264. The molecule has 0 fully saturated rings. The predicted molar refractivity (Wildman–Crippen MR) is 65.6 cm³/mol. The highest BCUT2D eigenvalue weighted by Gasteiger charge is 2.25. The lowest BCUT2D eigenvalue weighted by Crippen LogP contribution is -2.27. The highest BCUT2D eigenvalue weighted by atomic mass is 16.4. The maximum Gasteiger partial charge on any atom is 0.335 e. The zero-order chi connectivity index (χ0) is 14.2. The molecule has 7 nitrogen and oxygen atoms in total. The van der Waals surface area contributed by atoms with Gasteiger partial charge in [0.15, 0.2) is 6.10 Å². The maximum absolute atomic E-state index is 11.9. The lowest BCUT2D eigenvalue weighted by Gasteiger charge is -2.14. The van der Waals surface area contributed by atoms with E-state index >= 15 is 0 Å². The summed E-state index contributed by atoms with van der Waals surface area (Å²) in [5, 5.41) is 27.9. The van der Waals surface area contributed by atoms with Gasteiger partial charge in [-0.3, -0.25) is 4.79 Å². The van der Waals surface area contributed by atoms with Crippen molar-refractivity contribution in [3.8, 4) is 0 Å². The van der Waals surface area contributed by atoms with Gasteiger partial charge in [-0.1, -0.05) is 6.07 Å². The van der Waals surface area contributed by atoms with E-state index in [-0.39, 0.29) is 16.5 Å². The fourth-order valence-corrected chi connectivity index (χ4v) is 1.73. The molecule has 0 spiro atoms. The Morgan fingerprint density at radius 1 is 1.37 bits per heavy atom. The molecule has 0 saturated carbocycles. The third kappa shape index (κ3) is 2.33. The zero-order valence-electron chi connectivity index (χ0n) is 10.0. The maximum atomic E-state index is 11.9. The van der Waals surface area contributed by atoms with E-state index in [1.54, 1.807) is 0 Å². The van der Waals surface area contributed by atoms with Crippen molar-refractivity contribution in [3.63, 3.8) is 0 Å². The first kappa shape index (κ1) is 13.2. The zero-order valence-corrected chi connectivity index (χ0v) is 10.0. The molecule has 2 rings (SSSR count). The van der Waals surface area contributed by atoms with Crippen LogP contribution >= 0.6 is 0 Å². The molecular weight excluding hydrogens is 252 g/mol. The molecule has 1 heterocycles. The summed E-state index contributed by atoms with van der Waals surface area (Å²) in [6.07, 6.45) is -2.18. The molecular formula is C12H12N2O5. The van der Waals surface area contributed by atoms with Crippen LogP contribution in [0.4, 0.5) is 0 Å². The Morgan fingerprint density at radius 3 is 2.68 bits per heavy atom. The molecule has 19 heavy (non-hydrogen) atoms. The van der Waals surface area contributed by atoms with Crippen molar-refractivity contribution < 1.29 is 20.1 Å². The second-order valence-corrected chi connectivity index (χ2v) is 4.17. The number of nitrogens with zero attached hydrogens (tertiary/aromatic N) is 2. The average Bonchev–Trinajstić information content (AvgIpc) is 2.41.